The summed E-state index contributed by atoms with van der Waals surface area (Å²) in [6.07, 6.45) is 5.13. The van der Waals surface area contributed by atoms with E-state index in [-0.39, 0.29) is 0 Å². The first-order valence-electron chi connectivity index (χ1n) is 8.48. The van der Waals surface area contributed by atoms with E-state index in [1.54, 1.807) is 24.4 Å². The summed E-state index contributed by atoms with van der Waals surface area (Å²) < 4.78 is 5.17. The molecule has 1 aliphatic rings. The number of carbonyl (C=O) groups is 1. The summed E-state index contributed by atoms with van der Waals surface area (Å²) >= 11 is 5.31. The third-order valence-electron chi connectivity index (χ3n) is 4.66. The summed E-state index contributed by atoms with van der Waals surface area (Å²) in [7, 11) is 0. The Balaban J connectivity index is 1.88. The number of hydrogen-bond acceptors (Lipinski definition) is 5. The first-order valence-corrected chi connectivity index (χ1v) is 8.89. The van der Waals surface area contributed by atoms with Crippen molar-refractivity contribution in [2.24, 2.45) is 16.9 Å². The van der Waals surface area contributed by atoms with E-state index < -0.39 is 12.6 Å². The van der Waals surface area contributed by atoms with E-state index in [0.29, 0.717) is 34.3 Å². The second-order valence-corrected chi connectivity index (χ2v) is 6.82. The number of carboxylic acids is 1. The molecule has 0 aromatic heterocycles. The molecule has 1 saturated carbocycles. The van der Waals surface area contributed by atoms with Crippen molar-refractivity contribution in [1.82, 2.24) is 10.7 Å². The van der Waals surface area contributed by atoms with Gasteiger partial charge in [0.1, 0.15) is 12.4 Å². The SMILES string of the molecule is C[C@@H]1[C@H](C)CCC[C@@H]1NC(=S)N/N=C\c1ccccc1OCC(=O)[O-]. The number of hydrazone groups is 1. The number of para-hydroxylation sites is 1. The zero-order valence-electron chi connectivity index (χ0n) is 14.5. The fourth-order valence-corrected chi connectivity index (χ4v) is 3.21. The highest BCUT2D eigenvalue weighted by Gasteiger charge is 2.27. The molecule has 0 amide bonds. The number of ether oxygens (including phenoxy) is 1. The quantitative estimate of drug-likeness (QED) is 0.452. The van der Waals surface area contributed by atoms with E-state index >= 15 is 0 Å². The highest BCUT2D eigenvalue weighted by atomic mass is 32.1. The number of carbonyl (C=O) groups excluding carboxylic acids is 1. The Morgan fingerprint density at radius 2 is 2.16 bits per heavy atom. The zero-order chi connectivity index (χ0) is 18.2. The lowest BCUT2D eigenvalue weighted by atomic mass is 9.78. The Labute approximate surface area is 153 Å². The smallest absolute Gasteiger partial charge is 0.187 e. The van der Waals surface area contributed by atoms with Gasteiger partial charge in [-0.25, -0.2) is 0 Å². The van der Waals surface area contributed by atoms with Gasteiger partial charge in [0.15, 0.2) is 5.11 Å². The van der Waals surface area contributed by atoms with E-state index in [0.717, 1.165) is 6.42 Å². The minimum Gasteiger partial charge on any atom is -0.546 e. The molecule has 3 atom stereocenters. The molecule has 0 unspecified atom stereocenters. The van der Waals surface area contributed by atoms with E-state index in [1.165, 1.54) is 12.8 Å². The van der Waals surface area contributed by atoms with Gasteiger partial charge >= 0.3 is 0 Å². The maximum absolute atomic E-state index is 10.5. The lowest BCUT2D eigenvalue weighted by Gasteiger charge is -2.35. The molecule has 25 heavy (non-hydrogen) atoms. The molecule has 0 radical (unpaired) electrons. The topological polar surface area (TPSA) is 85.8 Å². The fourth-order valence-electron chi connectivity index (χ4n) is 3.00. The third kappa shape index (κ3) is 6.01. The molecule has 0 aliphatic heterocycles. The van der Waals surface area contributed by atoms with Gasteiger partial charge in [0.05, 0.1) is 12.2 Å². The first kappa shape index (κ1) is 19.2. The molecular weight excluding hydrogens is 338 g/mol. The summed E-state index contributed by atoms with van der Waals surface area (Å²) in [6, 6.07) is 7.38. The van der Waals surface area contributed by atoms with Gasteiger partial charge in [0.2, 0.25) is 0 Å². The number of rotatable bonds is 6. The monoisotopic (exact) mass is 362 g/mol. The number of aliphatic carboxylic acids is 1. The van der Waals surface area contributed by atoms with Gasteiger partial charge in [0.25, 0.3) is 0 Å². The van der Waals surface area contributed by atoms with E-state index in [4.69, 9.17) is 17.0 Å². The first-order chi connectivity index (χ1) is 12.0. The molecule has 1 aromatic rings. The van der Waals surface area contributed by atoms with Gasteiger partial charge in [-0.1, -0.05) is 38.8 Å². The molecular formula is C18H24N3O3S-. The van der Waals surface area contributed by atoms with Crippen LogP contribution in [0.1, 0.15) is 38.7 Å². The van der Waals surface area contributed by atoms with E-state index in [9.17, 15) is 9.90 Å². The Morgan fingerprint density at radius 3 is 2.92 bits per heavy atom. The number of benzene rings is 1. The minimum atomic E-state index is -1.27. The summed E-state index contributed by atoms with van der Waals surface area (Å²) in [6.45, 7) is 4.02. The molecule has 2 rings (SSSR count). The van der Waals surface area contributed by atoms with Gasteiger partial charge in [-0.15, -0.1) is 0 Å². The van der Waals surface area contributed by atoms with Crippen LogP contribution in [0.3, 0.4) is 0 Å². The van der Waals surface area contributed by atoms with Crippen molar-refractivity contribution in [2.75, 3.05) is 6.61 Å². The molecule has 136 valence electrons. The molecule has 0 spiro atoms. The largest absolute Gasteiger partial charge is 0.546 e. The van der Waals surface area contributed by atoms with E-state index in [1.807, 2.05) is 6.07 Å². The number of nitrogens with one attached hydrogen (secondary N) is 2. The molecule has 0 heterocycles. The average molecular weight is 362 g/mol. The van der Waals surface area contributed by atoms with Crippen LogP contribution in [-0.2, 0) is 4.79 Å². The normalized spacial score (nSPS) is 23.2. The van der Waals surface area contributed by atoms with Crippen LogP contribution in [0.5, 0.6) is 5.75 Å². The number of hydrogen-bond donors (Lipinski definition) is 2. The molecule has 0 bridgehead atoms. The Morgan fingerprint density at radius 1 is 1.40 bits per heavy atom. The number of nitrogens with zero attached hydrogens (tertiary/aromatic N) is 1. The highest BCUT2D eigenvalue weighted by molar-refractivity contribution is 7.80. The van der Waals surface area contributed by atoms with Crippen LogP contribution in [0.4, 0.5) is 0 Å². The average Bonchev–Trinajstić information content (AvgIpc) is 2.58. The molecule has 1 aromatic carbocycles. The van der Waals surface area contributed by atoms with Crippen LogP contribution in [0.15, 0.2) is 29.4 Å². The minimum absolute atomic E-state index is 0.359. The van der Waals surface area contributed by atoms with Gasteiger partial charge in [-0.2, -0.15) is 5.10 Å². The standard InChI is InChI=1S/C18H25N3O3S/c1-12-6-5-8-15(13(12)2)20-18(25)21-19-10-14-7-3-4-9-16(14)24-11-17(22)23/h3-4,7,9-10,12-13,15H,5-6,8,11H2,1-2H3,(H,22,23)(H2,20,21,25)/p-1/b19-10-/t12-,13-,15+/m1/s1. The van der Waals surface area contributed by atoms with Crippen LogP contribution in [-0.4, -0.2) is 29.9 Å². The number of carboxylic acid groups (broad SMARTS) is 1. The maximum atomic E-state index is 10.5. The van der Waals surface area contributed by atoms with Crippen molar-refractivity contribution in [1.29, 1.82) is 0 Å². The summed E-state index contributed by atoms with van der Waals surface area (Å²) in [5.74, 6) is 0.401. The molecule has 0 saturated heterocycles. The van der Waals surface area contributed by atoms with Crippen LogP contribution in [0.25, 0.3) is 0 Å². The van der Waals surface area contributed by atoms with Gasteiger partial charge < -0.3 is 20.0 Å². The predicted molar refractivity (Wildman–Crippen MR) is 99.4 cm³/mol. The molecule has 7 heteroatoms. The molecule has 2 N–H and O–H groups in total. The van der Waals surface area contributed by atoms with Crippen molar-refractivity contribution in [3.63, 3.8) is 0 Å². The zero-order valence-corrected chi connectivity index (χ0v) is 15.3. The van der Waals surface area contributed by atoms with Crippen molar-refractivity contribution >= 4 is 29.5 Å². The van der Waals surface area contributed by atoms with Crippen molar-refractivity contribution in [2.45, 2.75) is 39.2 Å². The van der Waals surface area contributed by atoms with Crippen LogP contribution >= 0.6 is 12.2 Å². The van der Waals surface area contributed by atoms with Crippen molar-refractivity contribution < 1.29 is 14.6 Å². The fraction of sp³-hybridized carbons (Fsp3) is 0.500. The molecule has 6 nitrogen and oxygen atoms in total. The Bertz CT molecular complexity index is 636. The van der Waals surface area contributed by atoms with Crippen molar-refractivity contribution in [3.8, 4) is 5.75 Å². The molecule has 1 fully saturated rings. The van der Waals surface area contributed by atoms with E-state index in [2.05, 4.69) is 29.7 Å². The predicted octanol–water partition coefficient (Wildman–Crippen LogP) is 1.44. The van der Waals surface area contributed by atoms with Crippen molar-refractivity contribution in [3.05, 3.63) is 29.8 Å². The van der Waals surface area contributed by atoms with Crippen LogP contribution in [0, 0.1) is 11.8 Å². The second kappa shape index (κ2) is 9.36. The number of thiocarbonyl (C=S) groups is 1. The second-order valence-electron chi connectivity index (χ2n) is 6.42. The maximum Gasteiger partial charge on any atom is 0.187 e. The summed E-state index contributed by atoms with van der Waals surface area (Å²) in [4.78, 5) is 10.5. The highest BCUT2D eigenvalue weighted by Crippen LogP contribution is 2.29. The third-order valence-corrected chi connectivity index (χ3v) is 4.87. The lowest BCUT2D eigenvalue weighted by molar-refractivity contribution is -0.307. The van der Waals surface area contributed by atoms with Crippen LogP contribution < -0.4 is 20.6 Å². The molecule has 1 aliphatic carbocycles. The van der Waals surface area contributed by atoms with Crippen LogP contribution in [0.2, 0.25) is 0 Å². The van der Waals surface area contributed by atoms with Gasteiger partial charge in [-0.05, 0) is 42.6 Å². The van der Waals surface area contributed by atoms with Gasteiger partial charge in [-0.3, -0.25) is 5.43 Å². The summed E-state index contributed by atoms with van der Waals surface area (Å²) in [5.41, 5.74) is 3.46. The van der Waals surface area contributed by atoms with Gasteiger partial charge in [0, 0.05) is 11.6 Å². The lowest BCUT2D eigenvalue weighted by Crippen LogP contribution is -2.46. The summed E-state index contributed by atoms with van der Waals surface area (Å²) in [5, 5.41) is 18.4. The Kier molecular flexibility index (Phi) is 7.18. The Hall–Kier alpha value is -2.15.